The maximum atomic E-state index is 13.7. The summed E-state index contributed by atoms with van der Waals surface area (Å²) in [7, 11) is 0. The topological polar surface area (TPSA) is 59.4 Å². The largest absolute Gasteiger partial charge is 0.368 e. The molecule has 0 radical (unpaired) electrons. The third-order valence-corrected chi connectivity index (χ3v) is 7.00. The second-order valence-electron chi connectivity index (χ2n) is 8.97. The van der Waals surface area contributed by atoms with E-state index >= 15 is 0 Å². The average molecular weight is 449 g/mol. The Morgan fingerprint density at radius 3 is 2.61 bits per heavy atom. The van der Waals surface area contributed by atoms with Crippen LogP contribution in [0.2, 0.25) is 5.02 Å². The van der Waals surface area contributed by atoms with Crippen LogP contribution in [0, 0.1) is 30.0 Å². The van der Waals surface area contributed by atoms with Crippen molar-refractivity contribution in [3.05, 3.63) is 28.5 Å². The first kappa shape index (κ1) is 23.8. The number of nitrogens with one attached hydrogen (secondary N) is 1. The van der Waals surface area contributed by atoms with E-state index in [-0.39, 0.29) is 11.7 Å². The van der Waals surface area contributed by atoms with Crippen molar-refractivity contribution >= 4 is 23.2 Å². The van der Waals surface area contributed by atoms with E-state index in [1.807, 2.05) is 6.07 Å². The summed E-state index contributed by atoms with van der Waals surface area (Å²) in [5.41, 5.74) is 1.57. The quantitative estimate of drug-likeness (QED) is 0.587. The van der Waals surface area contributed by atoms with E-state index in [4.69, 9.17) is 16.9 Å². The summed E-state index contributed by atoms with van der Waals surface area (Å²) in [5, 5.41) is 12.2. The molecule has 2 fully saturated rings. The number of hydrogen-bond acceptors (Lipinski definition) is 4. The van der Waals surface area contributed by atoms with Crippen LogP contribution in [-0.4, -0.2) is 49.6 Å². The van der Waals surface area contributed by atoms with Gasteiger partial charge >= 0.3 is 0 Å². The summed E-state index contributed by atoms with van der Waals surface area (Å²) in [4.78, 5) is 16.7. The summed E-state index contributed by atoms with van der Waals surface area (Å²) < 4.78 is 13.7. The van der Waals surface area contributed by atoms with Gasteiger partial charge in [0.25, 0.3) is 0 Å². The fourth-order valence-corrected chi connectivity index (χ4v) is 4.96. The third-order valence-electron chi connectivity index (χ3n) is 6.70. The highest BCUT2D eigenvalue weighted by Gasteiger charge is 2.24. The Hall–Kier alpha value is -1.84. The average Bonchev–Trinajstić information content (AvgIpc) is 2.76. The van der Waals surface area contributed by atoms with E-state index in [2.05, 4.69) is 21.2 Å². The summed E-state index contributed by atoms with van der Waals surface area (Å²) in [5.74, 6) is 0.577. The minimum Gasteiger partial charge on any atom is -0.368 e. The smallest absolute Gasteiger partial charge is 0.220 e. The molecule has 0 spiro atoms. The lowest BCUT2D eigenvalue weighted by Gasteiger charge is -2.37. The van der Waals surface area contributed by atoms with Crippen molar-refractivity contribution in [2.24, 2.45) is 5.92 Å². The highest BCUT2D eigenvalue weighted by molar-refractivity contribution is 6.33. The van der Waals surface area contributed by atoms with Crippen LogP contribution in [0.3, 0.4) is 0 Å². The first-order valence-electron chi connectivity index (χ1n) is 11.6. The zero-order chi connectivity index (χ0) is 22.2. The minimum atomic E-state index is -0.249. The van der Waals surface area contributed by atoms with Crippen LogP contribution >= 0.6 is 11.6 Å². The van der Waals surface area contributed by atoms with Gasteiger partial charge in [0, 0.05) is 45.1 Å². The standard InChI is InChI=1S/C24H34ClFN4O/c1-18-16-23(21(25)17-22(18)26)30-14-12-29(13-15-30)11-9-19-5-7-20(8-6-19)28-24(31)4-2-3-10-27/h16-17,19-20H,2-9,11-15H2,1H3,(H,28,31)/t19-,20-. The Morgan fingerprint density at radius 1 is 1.23 bits per heavy atom. The van der Waals surface area contributed by atoms with Crippen molar-refractivity contribution in [2.45, 2.75) is 64.3 Å². The number of hydrogen-bond donors (Lipinski definition) is 1. The molecular weight excluding hydrogens is 415 g/mol. The van der Waals surface area contributed by atoms with Crippen LogP contribution in [0.25, 0.3) is 0 Å². The van der Waals surface area contributed by atoms with Crippen molar-refractivity contribution in [3.8, 4) is 6.07 Å². The number of benzene rings is 1. The van der Waals surface area contributed by atoms with Crippen molar-refractivity contribution in [2.75, 3.05) is 37.6 Å². The Bertz CT molecular complexity index is 781. The summed E-state index contributed by atoms with van der Waals surface area (Å²) in [6.45, 7) is 6.71. The molecule has 5 nitrogen and oxygen atoms in total. The fraction of sp³-hybridized carbons (Fsp3) is 0.667. The van der Waals surface area contributed by atoms with E-state index < -0.39 is 0 Å². The maximum Gasteiger partial charge on any atom is 0.220 e. The molecular formula is C24H34ClFN4O. The molecule has 0 unspecified atom stereocenters. The summed E-state index contributed by atoms with van der Waals surface area (Å²) in [6, 6.07) is 5.66. The van der Waals surface area contributed by atoms with Gasteiger partial charge in [-0.2, -0.15) is 5.26 Å². The lowest BCUT2D eigenvalue weighted by Crippen LogP contribution is -2.47. The number of carbonyl (C=O) groups is 1. The van der Waals surface area contributed by atoms with Crippen LogP contribution in [-0.2, 0) is 4.79 Å². The van der Waals surface area contributed by atoms with E-state index in [0.717, 1.165) is 57.2 Å². The Morgan fingerprint density at radius 2 is 1.94 bits per heavy atom. The molecule has 1 saturated heterocycles. The van der Waals surface area contributed by atoms with Crippen LogP contribution in [0.5, 0.6) is 0 Å². The molecule has 1 saturated carbocycles. The highest BCUT2D eigenvalue weighted by atomic mass is 35.5. The van der Waals surface area contributed by atoms with E-state index in [0.29, 0.717) is 35.9 Å². The molecule has 0 aromatic heterocycles. The summed E-state index contributed by atoms with van der Waals surface area (Å²) >= 11 is 6.27. The normalized spacial score (nSPS) is 22.2. The lowest BCUT2D eigenvalue weighted by molar-refractivity contribution is -0.122. The number of amides is 1. The van der Waals surface area contributed by atoms with Crippen LogP contribution in [0.15, 0.2) is 12.1 Å². The minimum absolute atomic E-state index is 0.0908. The molecule has 1 aromatic carbocycles. The van der Waals surface area contributed by atoms with Crippen molar-refractivity contribution < 1.29 is 9.18 Å². The Labute approximate surface area is 190 Å². The number of piperazine rings is 1. The van der Waals surface area contributed by atoms with Crippen molar-refractivity contribution in [1.82, 2.24) is 10.2 Å². The molecule has 170 valence electrons. The number of carbonyl (C=O) groups excluding carboxylic acids is 1. The molecule has 7 heteroatoms. The van der Waals surface area contributed by atoms with Gasteiger partial charge in [-0.1, -0.05) is 11.6 Å². The van der Waals surface area contributed by atoms with Gasteiger partial charge < -0.3 is 10.2 Å². The molecule has 1 amide bonds. The molecule has 1 heterocycles. The number of halogens is 2. The van der Waals surface area contributed by atoms with Gasteiger partial charge in [0.2, 0.25) is 5.91 Å². The third kappa shape index (κ3) is 7.08. The maximum absolute atomic E-state index is 13.7. The highest BCUT2D eigenvalue weighted by Crippen LogP contribution is 2.30. The molecule has 1 N–H and O–H groups in total. The number of aryl methyl sites for hydroxylation is 1. The zero-order valence-electron chi connectivity index (χ0n) is 18.5. The van der Waals surface area contributed by atoms with Gasteiger partial charge in [-0.3, -0.25) is 9.69 Å². The number of unbranched alkanes of at least 4 members (excludes halogenated alkanes) is 1. The Kier molecular flexibility index (Phi) is 8.98. The van der Waals surface area contributed by atoms with Gasteiger partial charge in [0.05, 0.1) is 16.8 Å². The van der Waals surface area contributed by atoms with Crippen molar-refractivity contribution in [3.63, 3.8) is 0 Å². The predicted octanol–water partition coefficient (Wildman–Crippen LogP) is 4.67. The van der Waals surface area contributed by atoms with E-state index in [9.17, 15) is 9.18 Å². The lowest BCUT2D eigenvalue weighted by atomic mass is 9.84. The Balaban J connectivity index is 1.33. The first-order chi connectivity index (χ1) is 15.0. The molecule has 1 aromatic rings. The van der Waals surface area contributed by atoms with Gasteiger partial charge in [0.15, 0.2) is 0 Å². The molecule has 31 heavy (non-hydrogen) atoms. The fourth-order valence-electron chi connectivity index (χ4n) is 4.69. The van der Waals surface area contributed by atoms with E-state index in [1.54, 1.807) is 6.92 Å². The van der Waals surface area contributed by atoms with Crippen molar-refractivity contribution in [1.29, 1.82) is 5.26 Å². The summed E-state index contributed by atoms with van der Waals surface area (Å²) in [6.07, 6.45) is 7.24. The van der Waals surface area contributed by atoms with Crippen LogP contribution in [0.4, 0.5) is 10.1 Å². The molecule has 2 aliphatic rings. The number of nitrogens with zero attached hydrogens (tertiary/aromatic N) is 3. The molecule has 0 bridgehead atoms. The number of nitriles is 1. The van der Waals surface area contributed by atoms with Gasteiger partial charge in [-0.05, 0) is 75.6 Å². The SMILES string of the molecule is Cc1cc(N2CCN(CC[C@H]3CC[C@H](NC(=O)CCCC#N)CC3)CC2)c(Cl)cc1F. The second-order valence-corrected chi connectivity index (χ2v) is 9.37. The zero-order valence-corrected chi connectivity index (χ0v) is 19.3. The molecule has 3 rings (SSSR count). The molecule has 1 aliphatic heterocycles. The van der Waals surface area contributed by atoms with Gasteiger partial charge in [-0.25, -0.2) is 4.39 Å². The molecule has 1 aliphatic carbocycles. The van der Waals surface area contributed by atoms with Crippen LogP contribution < -0.4 is 10.2 Å². The monoisotopic (exact) mass is 448 g/mol. The number of anilines is 1. The number of rotatable bonds is 8. The first-order valence-corrected chi connectivity index (χ1v) is 11.9. The van der Waals surface area contributed by atoms with Gasteiger partial charge in [-0.15, -0.1) is 0 Å². The predicted molar refractivity (Wildman–Crippen MR) is 123 cm³/mol. The molecule has 0 atom stereocenters. The van der Waals surface area contributed by atoms with E-state index in [1.165, 1.54) is 25.3 Å². The van der Waals surface area contributed by atoms with Crippen LogP contribution in [0.1, 0.15) is 56.9 Å². The van der Waals surface area contributed by atoms with Gasteiger partial charge in [0.1, 0.15) is 5.82 Å². The second kappa shape index (κ2) is 11.7.